The molecule has 4 nitrogen and oxygen atoms in total. The molecule has 7 heavy (non-hydrogen) atoms. The van der Waals surface area contributed by atoms with Gasteiger partial charge in [-0.15, -0.1) is 24.0 Å². The van der Waals surface area contributed by atoms with Gasteiger partial charge < -0.3 is 0 Å². The molecule has 0 saturated heterocycles. The average molecular weight is 433 g/mol. The normalized spacial score (nSPS) is 8.29. The van der Waals surface area contributed by atoms with Gasteiger partial charge in [-0.3, -0.25) is 0 Å². The van der Waals surface area contributed by atoms with Gasteiger partial charge in [0.05, 0.1) is 0 Å². The second-order valence-electron chi connectivity index (χ2n) is 0.589. The molecule has 0 heterocycles. The van der Waals surface area contributed by atoms with Crippen LogP contribution in [-0.4, -0.2) is 34.6 Å². The fourth-order valence-corrected chi connectivity index (χ4v) is 0. The molecule has 0 bridgehead atoms. The van der Waals surface area contributed by atoms with Crippen molar-refractivity contribution in [3.8, 4) is 0 Å². The van der Waals surface area contributed by atoms with E-state index in [0.29, 0.717) is 0 Å². The summed E-state index contributed by atoms with van der Waals surface area (Å²) in [6.45, 7) is 0. The Morgan fingerprint density at radius 1 is 1.14 bits per heavy atom. The van der Waals surface area contributed by atoms with Crippen molar-refractivity contribution in [1.29, 1.82) is 0 Å². The summed E-state index contributed by atoms with van der Waals surface area (Å²) in [6, 6.07) is 0. The summed E-state index contributed by atoms with van der Waals surface area (Å²) in [5, 5.41) is 8.21. The molecule has 0 aliphatic carbocycles. The summed E-state index contributed by atoms with van der Waals surface area (Å²) in [5.41, 5.74) is 0. The molecule has 4 N–H and O–H groups in total. The molecular formula is H5BiIN2O2S. The van der Waals surface area contributed by atoms with Gasteiger partial charge in [0.1, 0.15) is 0 Å². The van der Waals surface area contributed by atoms with Crippen molar-refractivity contribution in [3.05, 3.63) is 0 Å². The molecule has 0 rings (SSSR count). The molecule has 0 saturated carbocycles. The Bertz CT molecular complexity index is 98.9. The Morgan fingerprint density at radius 3 is 1.14 bits per heavy atom. The van der Waals surface area contributed by atoms with Crippen LogP contribution in [0.3, 0.4) is 0 Å². The maximum absolute atomic E-state index is 9.19. The van der Waals surface area contributed by atoms with Crippen LogP contribution in [0.1, 0.15) is 0 Å². The third-order valence-electron chi connectivity index (χ3n) is 0. The molecule has 0 unspecified atom stereocenters. The second kappa shape index (κ2) is 5.62. The molecule has 0 aromatic heterocycles. The number of hydrogen-bond acceptors (Lipinski definition) is 2. The molecule has 0 fully saturated rings. The van der Waals surface area contributed by atoms with E-state index in [0.717, 1.165) is 0 Å². The van der Waals surface area contributed by atoms with Crippen molar-refractivity contribution in [3.63, 3.8) is 0 Å². The van der Waals surface area contributed by atoms with E-state index in [1.807, 2.05) is 0 Å². The number of halogens is 1. The van der Waals surface area contributed by atoms with Crippen LogP contribution in [0, 0.1) is 0 Å². The third kappa shape index (κ3) is 102. The number of nitrogens with two attached hydrogens (primary N) is 2. The molecule has 0 aromatic carbocycles. The van der Waals surface area contributed by atoms with Crippen molar-refractivity contribution < 1.29 is 8.42 Å². The fourth-order valence-electron chi connectivity index (χ4n) is 0. The third-order valence-corrected chi connectivity index (χ3v) is 0. The zero-order chi connectivity index (χ0) is 4.50. The van der Waals surface area contributed by atoms with Crippen molar-refractivity contribution in [1.82, 2.24) is 0 Å². The van der Waals surface area contributed by atoms with Gasteiger partial charge in [-0.1, -0.05) is 0 Å². The Kier molecular flexibility index (Phi) is 12.7. The van der Waals surface area contributed by atoms with E-state index < -0.39 is 10.2 Å². The molecule has 0 aromatic rings. The van der Waals surface area contributed by atoms with Crippen molar-refractivity contribution in [2.45, 2.75) is 0 Å². The largest absolute Gasteiger partial charge is 0.271 e. The van der Waals surface area contributed by atoms with Gasteiger partial charge in [-0.05, 0) is 0 Å². The quantitative estimate of drug-likeness (QED) is 0.356. The molecular weight excluding hydrogens is 428 g/mol. The van der Waals surface area contributed by atoms with Crippen LogP contribution < -0.4 is 10.3 Å². The Balaban J connectivity index is -0.0000000800. The van der Waals surface area contributed by atoms with E-state index in [1.54, 1.807) is 0 Å². The predicted octanol–water partition coefficient (Wildman–Crippen LogP) is -1.61. The summed E-state index contributed by atoms with van der Waals surface area (Å²) in [4.78, 5) is 0. The molecule has 3 radical (unpaired) electrons. The van der Waals surface area contributed by atoms with Crippen LogP contribution in [0.25, 0.3) is 0 Å². The number of hydrogen-bond donors (Lipinski definition) is 2. The second-order valence-corrected chi connectivity index (χ2v) is 1.77. The summed E-state index contributed by atoms with van der Waals surface area (Å²) in [5.74, 6) is 0. The van der Waals surface area contributed by atoms with Gasteiger partial charge >= 0.3 is 0 Å². The van der Waals surface area contributed by atoms with E-state index in [2.05, 4.69) is 10.3 Å². The van der Waals surface area contributed by atoms with Crippen LogP contribution in [0.4, 0.5) is 0 Å². The van der Waals surface area contributed by atoms with E-state index in [1.165, 1.54) is 0 Å². The van der Waals surface area contributed by atoms with Gasteiger partial charge in [0, 0.05) is 26.2 Å². The average Bonchev–Trinajstić information content (AvgIpc) is 0.722. The molecule has 0 spiro atoms. The monoisotopic (exact) mass is 433 g/mol. The molecule has 0 aliphatic heterocycles. The smallest absolute Gasteiger partial charge is 0.216 e. The van der Waals surface area contributed by atoms with Crippen LogP contribution in [0.2, 0.25) is 0 Å². The van der Waals surface area contributed by atoms with Crippen LogP contribution >= 0.6 is 24.0 Å². The standard InChI is InChI=1S/Bi.HI.H4N2O2S/c;;1-5(2,3)4/h;1H;(H4,1,2,3,4). The summed E-state index contributed by atoms with van der Waals surface area (Å²) in [7, 11) is -3.67. The van der Waals surface area contributed by atoms with E-state index >= 15 is 0 Å². The number of rotatable bonds is 0. The SMILES string of the molecule is I.NS(N)(=O)=O.[Bi]. The van der Waals surface area contributed by atoms with E-state index in [9.17, 15) is 8.42 Å². The van der Waals surface area contributed by atoms with Gasteiger partial charge in [0.15, 0.2) is 0 Å². The first-order chi connectivity index (χ1) is 2.00. The zero-order valence-corrected chi connectivity index (χ0v) is 9.86. The maximum atomic E-state index is 9.19. The molecule has 0 aliphatic rings. The topological polar surface area (TPSA) is 86.2 Å². The van der Waals surface area contributed by atoms with Crippen molar-refractivity contribution in [2.75, 3.05) is 0 Å². The van der Waals surface area contributed by atoms with Crippen LogP contribution in [-0.2, 0) is 10.2 Å². The first-order valence-electron chi connectivity index (χ1n) is 0.805. The first-order valence-corrected chi connectivity index (χ1v) is 2.41. The molecule has 0 amide bonds. The summed E-state index contributed by atoms with van der Waals surface area (Å²) < 4.78 is 18.4. The Morgan fingerprint density at radius 2 is 1.14 bits per heavy atom. The zero-order valence-electron chi connectivity index (χ0n) is 3.23. The van der Waals surface area contributed by atoms with Gasteiger partial charge in [-0.2, -0.15) is 8.42 Å². The van der Waals surface area contributed by atoms with Crippen molar-refractivity contribution in [2.24, 2.45) is 10.3 Å². The minimum atomic E-state index is -3.67. The van der Waals surface area contributed by atoms with Crippen LogP contribution in [0.15, 0.2) is 0 Å². The molecule has 0 atom stereocenters. The Labute approximate surface area is 78.3 Å². The van der Waals surface area contributed by atoms with E-state index in [-0.39, 0.29) is 50.2 Å². The van der Waals surface area contributed by atoms with Gasteiger partial charge in [0.25, 0.3) is 10.2 Å². The first kappa shape index (κ1) is 15.8. The maximum Gasteiger partial charge on any atom is 0.271 e. The minimum Gasteiger partial charge on any atom is -0.216 e. The summed E-state index contributed by atoms with van der Waals surface area (Å²) in [6.07, 6.45) is 0. The van der Waals surface area contributed by atoms with Gasteiger partial charge in [-0.25, -0.2) is 10.3 Å². The predicted molar refractivity (Wildman–Crippen MR) is 38.5 cm³/mol. The fraction of sp³-hybridized carbons (Fsp3) is 0. The van der Waals surface area contributed by atoms with E-state index in [4.69, 9.17) is 0 Å². The Hall–Kier alpha value is 1.48. The minimum absolute atomic E-state index is 0. The van der Waals surface area contributed by atoms with Crippen LogP contribution in [0.5, 0.6) is 0 Å². The molecule has 45 valence electrons. The molecule has 7 heteroatoms. The van der Waals surface area contributed by atoms with Crippen molar-refractivity contribution >= 4 is 60.4 Å². The van der Waals surface area contributed by atoms with Gasteiger partial charge in [0.2, 0.25) is 0 Å². The summed E-state index contributed by atoms with van der Waals surface area (Å²) >= 11 is 0.